The van der Waals surface area contributed by atoms with E-state index in [2.05, 4.69) is 48.1 Å². The molecule has 0 aliphatic carbocycles. The van der Waals surface area contributed by atoms with Gasteiger partial charge in [0, 0.05) is 0 Å². The lowest BCUT2D eigenvalue weighted by Crippen LogP contribution is -2.33. The van der Waals surface area contributed by atoms with E-state index in [1.165, 1.54) is 6.42 Å². The number of hydrogen-bond donors (Lipinski definition) is 1. The van der Waals surface area contributed by atoms with E-state index in [-0.39, 0.29) is 6.61 Å². The number of rotatable bonds is 7. The van der Waals surface area contributed by atoms with Crippen LogP contribution in [0.25, 0.3) is 0 Å². The molecule has 0 radical (unpaired) electrons. The van der Waals surface area contributed by atoms with E-state index >= 15 is 0 Å². The minimum absolute atomic E-state index is 0.128. The number of aliphatic hydroxyl groups is 1. The Kier molecular flexibility index (Phi) is 6.32. The van der Waals surface area contributed by atoms with Gasteiger partial charge in [-0.05, 0) is 29.6 Å². The summed E-state index contributed by atoms with van der Waals surface area (Å²) in [7, 11) is 0. The summed E-state index contributed by atoms with van der Waals surface area (Å²) < 4.78 is 0. The molecule has 0 bridgehead atoms. The van der Waals surface area contributed by atoms with Crippen molar-refractivity contribution in [3.05, 3.63) is 12.2 Å². The first kappa shape index (κ1) is 15.7. The minimum Gasteiger partial charge on any atom is -0.392 e. The molecule has 1 N–H and O–H groups in total. The molecule has 16 heavy (non-hydrogen) atoms. The molecule has 0 aromatic heterocycles. The summed E-state index contributed by atoms with van der Waals surface area (Å²) in [5.41, 5.74) is 1.31. The molecule has 0 spiro atoms. The maximum Gasteiger partial charge on any atom is 0.0639 e. The topological polar surface area (TPSA) is 20.2 Å². The van der Waals surface area contributed by atoms with Gasteiger partial charge in [0.05, 0.1) is 6.61 Å². The Balaban J connectivity index is 4.66. The van der Waals surface area contributed by atoms with Gasteiger partial charge in [0.15, 0.2) is 0 Å². The van der Waals surface area contributed by atoms with Crippen LogP contribution < -0.4 is 0 Å². The van der Waals surface area contributed by atoms with Gasteiger partial charge >= 0.3 is 0 Å². The Hall–Kier alpha value is -0.300. The Morgan fingerprint density at radius 1 is 1.25 bits per heavy atom. The first-order valence-electron chi connectivity index (χ1n) is 6.54. The van der Waals surface area contributed by atoms with Crippen LogP contribution >= 0.6 is 0 Å². The highest BCUT2D eigenvalue weighted by atomic mass is 16.3. The SMILES string of the molecule is C=C(CO)CC(C)C(CC)C(C)(C)C(C)C. The second-order valence-electron chi connectivity index (χ2n) is 6.08. The average Bonchev–Trinajstić information content (AvgIpc) is 2.17. The first-order chi connectivity index (χ1) is 7.27. The van der Waals surface area contributed by atoms with Crippen LogP contribution in [-0.4, -0.2) is 11.7 Å². The summed E-state index contributed by atoms with van der Waals surface area (Å²) in [5, 5.41) is 9.05. The summed E-state index contributed by atoms with van der Waals surface area (Å²) >= 11 is 0. The third kappa shape index (κ3) is 3.93. The second kappa shape index (κ2) is 6.44. The van der Waals surface area contributed by atoms with Crippen molar-refractivity contribution in [3.63, 3.8) is 0 Å². The van der Waals surface area contributed by atoms with Crippen molar-refractivity contribution in [2.45, 2.75) is 54.4 Å². The zero-order valence-corrected chi connectivity index (χ0v) is 12.0. The third-order valence-corrected chi connectivity index (χ3v) is 4.40. The summed E-state index contributed by atoms with van der Waals surface area (Å²) in [6.07, 6.45) is 2.15. The first-order valence-corrected chi connectivity index (χ1v) is 6.54. The maximum absolute atomic E-state index is 9.05. The molecule has 0 aliphatic heterocycles. The lowest BCUT2D eigenvalue weighted by Gasteiger charge is -2.41. The molecule has 0 aromatic carbocycles. The molecule has 96 valence electrons. The fourth-order valence-corrected chi connectivity index (χ4v) is 2.75. The van der Waals surface area contributed by atoms with Gasteiger partial charge in [-0.15, -0.1) is 0 Å². The van der Waals surface area contributed by atoms with E-state index in [1.807, 2.05) is 0 Å². The van der Waals surface area contributed by atoms with Gasteiger partial charge in [-0.3, -0.25) is 0 Å². The molecule has 0 aliphatic rings. The van der Waals surface area contributed by atoms with Crippen molar-refractivity contribution in [3.8, 4) is 0 Å². The van der Waals surface area contributed by atoms with Gasteiger partial charge in [-0.25, -0.2) is 0 Å². The molecule has 0 fully saturated rings. The lowest BCUT2D eigenvalue weighted by atomic mass is 9.64. The van der Waals surface area contributed by atoms with E-state index in [0.717, 1.165) is 12.0 Å². The van der Waals surface area contributed by atoms with Gasteiger partial charge in [0.25, 0.3) is 0 Å². The zero-order valence-electron chi connectivity index (χ0n) is 12.0. The van der Waals surface area contributed by atoms with Crippen molar-refractivity contribution in [1.29, 1.82) is 0 Å². The fraction of sp³-hybridized carbons (Fsp3) is 0.867. The molecule has 2 atom stereocenters. The molecular weight excluding hydrogens is 196 g/mol. The Morgan fingerprint density at radius 2 is 1.75 bits per heavy atom. The van der Waals surface area contributed by atoms with E-state index < -0.39 is 0 Å². The highest BCUT2D eigenvalue weighted by Gasteiger charge is 2.34. The summed E-state index contributed by atoms with van der Waals surface area (Å²) in [6, 6.07) is 0. The zero-order chi connectivity index (χ0) is 12.9. The van der Waals surface area contributed by atoms with Crippen LogP contribution in [0.4, 0.5) is 0 Å². The molecule has 0 saturated carbocycles. The van der Waals surface area contributed by atoms with Gasteiger partial charge in [0.1, 0.15) is 0 Å². The van der Waals surface area contributed by atoms with Crippen LogP contribution in [0.5, 0.6) is 0 Å². The lowest BCUT2D eigenvalue weighted by molar-refractivity contribution is 0.0856. The van der Waals surface area contributed by atoms with Crippen LogP contribution in [0.2, 0.25) is 0 Å². The van der Waals surface area contributed by atoms with Crippen molar-refractivity contribution in [1.82, 2.24) is 0 Å². The van der Waals surface area contributed by atoms with Crippen LogP contribution in [-0.2, 0) is 0 Å². The van der Waals surface area contributed by atoms with Crippen LogP contribution in [0.3, 0.4) is 0 Å². The van der Waals surface area contributed by atoms with E-state index in [0.29, 0.717) is 23.2 Å². The van der Waals surface area contributed by atoms with Gasteiger partial charge < -0.3 is 5.11 Å². The molecule has 0 heterocycles. The van der Waals surface area contributed by atoms with Crippen molar-refractivity contribution in [2.75, 3.05) is 6.61 Å². The molecule has 0 amide bonds. The highest BCUT2D eigenvalue weighted by Crippen LogP contribution is 2.42. The van der Waals surface area contributed by atoms with Gasteiger partial charge in [-0.2, -0.15) is 0 Å². The standard InChI is InChI=1S/C15H30O/c1-8-14(15(6,7)11(2)3)13(5)9-12(4)10-16/h11,13-14,16H,4,8-10H2,1-3,5-7H3. The molecule has 2 unspecified atom stereocenters. The largest absolute Gasteiger partial charge is 0.392 e. The van der Waals surface area contributed by atoms with Gasteiger partial charge in [0.2, 0.25) is 0 Å². The third-order valence-electron chi connectivity index (χ3n) is 4.40. The van der Waals surface area contributed by atoms with E-state index in [4.69, 9.17) is 5.11 Å². The Labute approximate surface area is 102 Å². The van der Waals surface area contributed by atoms with Crippen molar-refractivity contribution < 1.29 is 5.11 Å². The molecule has 1 nitrogen and oxygen atoms in total. The quantitative estimate of drug-likeness (QED) is 0.643. The normalized spacial score (nSPS) is 16.2. The molecule has 0 rings (SSSR count). The number of hydrogen-bond acceptors (Lipinski definition) is 1. The molecule has 1 heteroatoms. The van der Waals surface area contributed by atoms with Crippen LogP contribution in [0, 0.1) is 23.2 Å². The van der Waals surface area contributed by atoms with Crippen molar-refractivity contribution >= 4 is 0 Å². The van der Waals surface area contributed by atoms with Crippen LogP contribution in [0.1, 0.15) is 54.4 Å². The second-order valence-corrected chi connectivity index (χ2v) is 6.08. The van der Waals surface area contributed by atoms with Gasteiger partial charge in [-0.1, -0.05) is 60.1 Å². The molecule has 0 aromatic rings. The summed E-state index contributed by atoms with van der Waals surface area (Å²) in [5.74, 6) is 1.97. The number of aliphatic hydroxyl groups excluding tert-OH is 1. The van der Waals surface area contributed by atoms with E-state index in [9.17, 15) is 0 Å². The minimum atomic E-state index is 0.128. The fourth-order valence-electron chi connectivity index (χ4n) is 2.75. The smallest absolute Gasteiger partial charge is 0.0639 e. The summed E-state index contributed by atoms with van der Waals surface area (Å²) in [6.45, 7) is 17.9. The maximum atomic E-state index is 9.05. The van der Waals surface area contributed by atoms with E-state index in [1.54, 1.807) is 0 Å². The predicted molar refractivity (Wildman–Crippen MR) is 72.4 cm³/mol. The monoisotopic (exact) mass is 226 g/mol. The highest BCUT2D eigenvalue weighted by molar-refractivity contribution is 4.97. The predicted octanol–water partition coefficient (Wildman–Crippen LogP) is 4.27. The molecule has 0 saturated heterocycles. The summed E-state index contributed by atoms with van der Waals surface area (Å²) in [4.78, 5) is 0. The Morgan fingerprint density at radius 3 is 2.06 bits per heavy atom. The average molecular weight is 226 g/mol. The molecular formula is C15H30O. The Bertz CT molecular complexity index is 215. The van der Waals surface area contributed by atoms with Crippen LogP contribution in [0.15, 0.2) is 12.2 Å². The van der Waals surface area contributed by atoms with Crippen molar-refractivity contribution in [2.24, 2.45) is 23.2 Å².